The summed E-state index contributed by atoms with van der Waals surface area (Å²) >= 11 is 0. The maximum absolute atomic E-state index is 13.0. The largest absolute Gasteiger partial charge is 0.357 e. The Labute approximate surface area is 206 Å². The first-order valence-electron chi connectivity index (χ1n) is 12.4. The highest BCUT2D eigenvalue weighted by atomic mass is 16.2. The molecule has 2 heterocycles. The number of fused-ring (bicyclic) bond motifs is 1. The van der Waals surface area contributed by atoms with Gasteiger partial charge in [-0.15, -0.1) is 0 Å². The van der Waals surface area contributed by atoms with Crippen molar-refractivity contribution in [2.24, 2.45) is 0 Å². The summed E-state index contributed by atoms with van der Waals surface area (Å²) in [6.07, 6.45) is 4.86. The van der Waals surface area contributed by atoms with E-state index in [-0.39, 0.29) is 18.2 Å². The lowest BCUT2D eigenvalue weighted by Gasteiger charge is -2.32. The number of aldehydes is 2. The van der Waals surface area contributed by atoms with E-state index < -0.39 is 6.04 Å². The van der Waals surface area contributed by atoms with E-state index in [1.54, 1.807) is 11.9 Å². The van der Waals surface area contributed by atoms with E-state index in [0.717, 1.165) is 56.2 Å². The molecule has 7 nitrogen and oxygen atoms in total. The number of carbonyl (C=O) groups excluding carboxylic acids is 4. The van der Waals surface area contributed by atoms with Crippen LogP contribution < -0.4 is 5.32 Å². The van der Waals surface area contributed by atoms with E-state index in [2.05, 4.69) is 34.5 Å². The van der Waals surface area contributed by atoms with Crippen molar-refractivity contribution < 1.29 is 19.2 Å². The zero-order valence-corrected chi connectivity index (χ0v) is 20.2. The normalized spacial score (nSPS) is 17.2. The molecule has 1 unspecified atom stereocenters. The molecule has 2 amide bonds. The van der Waals surface area contributed by atoms with Crippen molar-refractivity contribution in [2.45, 2.75) is 57.2 Å². The highest BCUT2D eigenvalue weighted by Crippen LogP contribution is 2.33. The topological polar surface area (TPSA) is 86.8 Å². The van der Waals surface area contributed by atoms with Gasteiger partial charge < -0.3 is 19.8 Å². The van der Waals surface area contributed by atoms with E-state index in [1.807, 2.05) is 18.2 Å². The minimum absolute atomic E-state index is 0.139. The van der Waals surface area contributed by atoms with Crippen LogP contribution in [0.25, 0.3) is 0 Å². The first kappa shape index (κ1) is 24.8. The predicted molar refractivity (Wildman–Crippen MR) is 133 cm³/mol. The summed E-state index contributed by atoms with van der Waals surface area (Å²) in [6.45, 7) is 3.32. The van der Waals surface area contributed by atoms with Gasteiger partial charge in [0.2, 0.25) is 5.91 Å². The summed E-state index contributed by atoms with van der Waals surface area (Å²) in [4.78, 5) is 51.0. The molecule has 35 heavy (non-hydrogen) atoms. The molecule has 1 saturated heterocycles. The molecule has 184 valence electrons. The molecule has 2 aliphatic rings. The Balaban J connectivity index is 1.37. The first-order chi connectivity index (χ1) is 17.0. The van der Waals surface area contributed by atoms with Gasteiger partial charge in [-0.2, -0.15) is 0 Å². The lowest BCUT2D eigenvalue weighted by Crippen LogP contribution is -2.46. The number of nitrogens with zero attached hydrogens (tertiary/aromatic N) is 2. The van der Waals surface area contributed by atoms with Crippen molar-refractivity contribution in [1.82, 2.24) is 15.1 Å². The Kier molecular flexibility index (Phi) is 8.08. The minimum atomic E-state index is -0.635. The second-order valence-corrected chi connectivity index (χ2v) is 9.46. The van der Waals surface area contributed by atoms with Crippen LogP contribution in [0.2, 0.25) is 0 Å². The molecule has 4 rings (SSSR count). The predicted octanol–water partition coefficient (Wildman–Crippen LogP) is 2.86. The van der Waals surface area contributed by atoms with Gasteiger partial charge in [0.05, 0.1) is 0 Å². The van der Waals surface area contributed by atoms with Crippen LogP contribution in [0.4, 0.5) is 0 Å². The number of likely N-dealkylation sites (N-methyl/N-ethyl adjacent to an activating group) is 1. The monoisotopic (exact) mass is 475 g/mol. The number of benzene rings is 2. The van der Waals surface area contributed by atoms with Crippen molar-refractivity contribution in [3.63, 3.8) is 0 Å². The van der Waals surface area contributed by atoms with E-state index in [9.17, 15) is 19.2 Å². The van der Waals surface area contributed by atoms with Crippen molar-refractivity contribution in [1.29, 1.82) is 0 Å². The molecule has 1 fully saturated rings. The molecule has 0 spiro atoms. The molecule has 2 aliphatic heterocycles. The second kappa shape index (κ2) is 11.4. The molecular formula is C28H33N3O4. The van der Waals surface area contributed by atoms with E-state index in [0.29, 0.717) is 30.9 Å². The average Bonchev–Trinajstić information content (AvgIpc) is 3.21. The third kappa shape index (κ3) is 5.68. The Bertz CT molecular complexity index is 1070. The molecule has 0 saturated carbocycles. The van der Waals surface area contributed by atoms with Gasteiger partial charge in [0.1, 0.15) is 18.6 Å². The summed E-state index contributed by atoms with van der Waals surface area (Å²) in [5.74, 6) is 0.0690. The number of piperidine rings is 1. The van der Waals surface area contributed by atoms with E-state index in [1.165, 1.54) is 11.1 Å². The molecule has 1 atom stereocenters. The lowest BCUT2D eigenvalue weighted by molar-refractivity contribution is -0.125. The number of amides is 2. The van der Waals surface area contributed by atoms with Gasteiger partial charge in [0.25, 0.3) is 5.91 Å². The molecule has 0 aromatic heterocycles. The summed E-state index contributed by atoms with van der Waals surface area (Å²) in [7, 11) is 1.55. The van der Waals surface area contributed by atoms with Crippen molar-refractivity contribution in [2.75, 3.05) is 20.1 Å². The molecule has 1 N–H and O–H groups in total. The molecule has 7 heteroatoms. The summed E-state index contributed by atoms with van der Waals surface area (Å²) in [5, 5.41) is 2.62. The van der Waals surface area contributed by atoms with Crippen LogP contribution in [0.1, 0.15) is 64.2 Å². The fourth-order valence-corrected chi connectivity index (χ4v) is 5.25. The Morgan fingerprint density at radius 3 is 2.43 bits per heavy atom. The maximum atomic E-state index is 13.0. The fraction of sp³-hybridized carbons (Fsp3) is 0.429. The Hall–Kier alpha value is -3.32. The van der Waals surface area contributed by atoms with Gasteiger partial charge in [0, 0.05) is 38.5 Å². The van der Waals surface area contributed by atoms with Crippen LogP contribution >= 0.6 is 0 Å². The molecule has 0 aliphatic carbocycles. The second-order valence-electron chi connectivity index (χ2n) is 9.46. The number of carbonyl (C=O) groups is 4. The SMILES string of the molecule is CNC(=O)C(CCC=O)N1Cc2cc(C3CCN(Cc4ccc(CC=O)cc4)CC3)ccc2C1=O. The zero-order chi connectivity index (χ0) is 24.8. The number of hydrogen-bond acceptors (Lipinski definition) is 5. The first-order valence-corrected chi connectivity index (χ1v) is 12.4. The third-order valence-electron chi connectivity index (χ3n) is 7.25. The van der Waals surface area contributed by atoms with Gasteiger partial charge in [-0.3, -0.25) is 14.5 Å². The summed E-state index contributed by atoms with van der Waals surface area (Å²) in [5.41, 5.74) is 5.17. The number of likely N-dealkylation sites (tertiary alicyclic amines) is 1. The zero-order valence-electron chi connectivity index (χ0n) is 20.2. The number of hydrogen-bond donors (Lipinski definition) is 1. The van der Waals surface area contributed by atoms with Crippen LogP contribution in [0.15, 0.2) is 42.5 Å². The van der Waals surface area contributed by atoms with Crippen LogP contribution in [0.3, 0.4) is 0 Å². The van der Waals surface area contributed by atoms with Crippen LogP contribution in [-0.2, 0) is 33.9 Å². The summed E-state index contributed by atoms with van der Waals surface area (Å²) in [6, 6.07) is 13.7. The Morgan fingerprint density at radius 2 is 1.77 bits per heavy atom. The van der Waals surface area contributed by atoms with E-state index in [4.69, 9.17) is 0 Å². The molecule has 2 aromatic rings. The maximum Gasteiger partial charge on any atom is 0.255 e. The van der Waals surface area contributed by atoms with Gasteiger partial charge in [-0.1, -0.05) is 36.4 Å². The Morgan fingerprint density at radius 1 is 1.06 bits per heavy atom. The van der Waals surface area contributed by atoms with Gasteiger partial charge in [0.15, 0.2) is 0 Å². The molecular weight excluding hydrogens is 442 g/mol. The van der Waals surface area contributed by atoms with Crippen molar-refractivity contribution in [3.8, 4) is 0 Å². The number of nitrogens with one attached hydrogen (secondary N) is 1. The third-order valence-corrected chi connectivity index (χ3v) is 7.25. The minimum Gasteiger partial charge on any atom is -0.357 e. The van der Waals surface area contributed by atoms with Crippen LogP contribution in [0.5, 0.6) is 0 Å². The van der Waals surface area contributed by atoms with Gasteiger partial charge in [-0.25, -0.2) is 0 Å². The highest BCUT2D eigenvalue weighted by Gasteiger charge is 2.36. The molecule has 0 radical (unpaired) electrons. The standard InChI is InChI=1S/C28H33N3O4/c1-29-27(34)26(3-2-15-32)31-19-24-17-23(8-9-25(24)28(31)35)22-10-13-30(14-11-22)18-21-6-4-20(5-7-21)12-16-33/h4-9,15-17,22,26H,2-3,10-14,18-19H2,1H3,(H,29,34). The highest BCUT2D eigenvalue weighted by molar-refractivity contribution is 6.01. The van der Waals surface area contributed by atoms with Gasteiger partial charge in [-0.05, 0) is 66.6 Å². The van der Waals surface area contributed by atoms with Crippen LogP contribution in [-0.4, -0.2) is 60.4 Å². The smallest absolute Gasteiger partial charge is 0.255 e. The van der Waals surface area contributed by atoms with Crippen molar-refractivity contribution >= 4 is 24.4 Å². The fourth-order valence-electron chi connectivity index (χ4n) is 5.25. The van der Waals surface area contributed by atoms with E-state index >= 15 is 0 Å². The molecule has 2 aromatic carbocycles. The number of rotatable bonds is 10. The van der Waals surface area contributed by atoms with Crippen LogP contribution in [0, 0.1) is 0 Å². The molecule has 0 bridgehead atoms. The lowest BCUT2D eigenvalue weighted by atomic mass is 9.87. The quantitative estimate of drug-likeness (QED) is 0.534. The average molecular weight is 476 g/mol. The van der Waals surface area contributed by atoms with Crippen molar-refractivity contribution in [3.05, 3.63) is 70.3 Å². The summed E-state index contributed by atoms with van der Waals surface area (Å²) < 4.78 is 0. The van der Waals surface area contributed by atoms with Gasteiger partial charge >= 0.3 is 0 Å².